The number of nitrogens with two attached hydrogens (primary N) is 1. The van der Waals surface area contributed by atoms with Crippen molar-refractivity contribution >= 4 is 23.5 Å². The predicted octanol–water partition coefficient (Wildman–Crippen LogP) is -0.489. The van der Waals surface area contributed by atoms with E-state index in [1.54, 1.807) is 24.3 Å². The van der Waals surface area contributed by atoms with Crippen LogP contribution in [0.15, 0.2) is 24.3 Å². The fourth-order valence-electron chi connectivity index (χ4n) is 1.35. The number of ether oxygens (including phenoxy) is 1. The minimum absolute atomic E-state index is 0.284. The van der Waals surface area contributed by atoms with Crippen molar-refractivity contribution in [2.45, 2.75) is 0 Å². The van der Waals surface area contributed by atoms with Crippen molar-refractivity contribution in [1.29, 1.82) is 0 Å². The first kappa shape index (κ1) is 15.5. The molecule has 20 heavy (non-hydrogen) atoms. The quantitative estimate of drug-likeness (QED) is 0.684. The molecule has 0 unspecified atom stereocenters. The number of primary amides is 1. The van der Waals surface area contributed by atoms with E-state index >= 15 is 0 Å². The second-order valence-corrected chi connectivity index (χ2v) is 4.26. The summed E-state index contributed by atoms with van der Waals surface area (Å²) >= 11 is 0. The van der Waals surface area contributed by atoms with E-state index in [-0.39, 0.29) is 6.54 Å². The van der Waals surface area contributed by atoms with Crippen molar-refractivity contribution < 1.29 is 19.1 Å². The molecule has 0 bridgehead atoms. The van der Waals surface area contributed by atoms with Gasteiger partial charge in [0.2, 0.25) is 5.91 Å². The van der Waals surface area contributed by atoms with Crippen LogP contribution in [0.25, 0.3) is 0 Å². The van der Waals surface area contributed by atoms with Crippen LogP contribution < -0.4 is 16.0 Å². The number of rotatable bonds is 6. The number of benzene rings is 1. The van der Waals surface area contributed by atoms with Gasteiger partial charge in [-0.25, -0.2) is 4.79 Å². The Morgan fingerprint density at radius 1 is 1.20 bits per heavy atom. The molecule has 0 aliphatic carbocycles. The lowest BCUT2D eigenvalue weighted by Gasteiger charge is -2.12. The van der Waals surface area contributed by atoms with Crippen molar-refractivity contribution in [3.8, 4) is 0 Å². The van der Waals surface area contributed by atoms with Gasteiger partial charge in [-0.3, -0.25) is 9.59 Å². The van der Waals surface area contributed by atoms with Crippen molar-refractivity contribution in [3.05, 3.63) is 29.8 Å². The van der Waals surface area contributed by atoms with Crippen LogP contribution >= 0.6 is 0 Å². The Hall–Kier alpha value is -2.57. The van der Waals surface area contributed by atoms with Crippen molar-refractivity contribution in [1.82, 2.24) is 5.32 Å². The van der Waals surface area contributed by atoms with Gasteiger partial charge in [0.25, 0.3) is 5.91 Å². The van der Waals surface area contributed by atoms with Crippen LogP contribution in [0.1, 0.15) is 10.4 Å². The van der Waals surface area contributed by atoms with Crippen LogP contribution in [-0.2, 0) is 14.3 Å². The molecule has 0 saturated heterocycles. The Balaban J connectivity index is 2.46. The number of hydrogen-bond donors (Lipinski definition) is 2. The van der Waals surface area contributed by atoms with Crippen molar-refractivity contribution in [2.24, 2.45) is 5.73 Å². The van der Waals surface area contributed by atoms with E-state index in [9.17, 15) is 14.4 Å². The lowest BCUT2D eigenvalue weighted by atomic mass is 10.2. The van der Waals surface area contributed by atoms with E-state index in [0.717, 1.165) is 5.69 Å². The Bertz CT molecular complexity index is 497. The first-order valence-corrected chi connectivity index (χ1v) is 5.89. The second kappa shape index (κ2) is 7.13. The third-order valence-electron chi connectivity index (χ3n) is 2.41. The maximum absolute atomic E-state index is 11.7. The van der Waals surface area contributed by atoms with E-state index in [2.05, 4.69) is 5.32 Å². The molecule has 0 fully saturated rings. The predicted molar refractivity (Wildman–Crippen MR) is 73.3 cm³/mol. The highest BCUT2D eigenvalue weighted by atomic mass is 16.5. The van der Waals surface area contributed by atoms with Crippen molar-refractivity contribution in [2.75, 3.05) is 32.1 Å². The first-order valence-electron chi connectivity index (χ1n) is 5.89. The van der Waals surface area contributed by atoms with E-state index in [1.807, 2.05) is 19.0 Å². The minimum Gasteiger partial charge on any atom is -0.452 e. The van der Waals surface area contributed by atoms with Gasteiger partial charge in [0.05, 0.1) is 12.1 Å². The van der Waals surface area contributed by atoms with Crippen molar-refractivity contribution in [3.63, 3.8) is 0 Å². The molecule has 7 heteroatoms. The third-order valence-corrected chi connectivity index (χ3v) is 2.41. The third kappa shape index (κ3) is 4.97. The summed E-state index contributed by atoms with van der Waals surface area (Å²) < 4.78 is 4.81. The molecule has 0 spiro atoms. The van der Waals surface area contributed by atoms with Gasteiger partial charge in [-0.2, -0.15) is 0 Å². The topological polar surface area (TPSA) is 102 Å². The van der Waals surface area contributed by atoms with E-state index in [0.29, 0.717) is 5.56 Å². The molecule has 0 aromatic heterocycles. The number of carbonyl (C=O) groups excluding carboxylic acids is 3. The normalized spacial score (nSPS) is 9.70. The highest BCUT2D eigenvalue weighted by molar-refractivity contribution is 5.92. The van der Waals surface area contributed by atoms with Gasteiger partial charge in [-0.15, -0.1) is 0 Å². The Morgan fingerprint density at radius 3 is 2.30 bits per heavy atom. The molecular weight excluding hydrogens is 262 g/mol. The van der Waals surface area contributed by atoms with Crippen LogP contribution in [-0.4, -0.2) is 45.0 Å². The number of nitrogens with one attached hydrogen (secondary N) is 1. The second-order valence-electron chi connectivity index (χ2n) is 4.26. The molecule has 1 aromatic rings. The van der Waals surface area contributed by atoms with Crippen LogP contribution in [0.2, 0.25) is 0 Å². The highest BCUT2D eigenvalue weighted by Crippen LogP contribution is 2.12. The molecule has 0 saturated carbocycles. The standard InChI is InChI=1S/C13H17N3O4/c1-16(2)10-5-3-9(4-6-10)13(19)20-8-12(18)15-7-11(14)17/h3-6H,7-8H2,1-2H3,(H2,14,17)(H,15,18). The molecule has 0 aliphatic heterocycles. The van der Waals surface area contributed by atoms with Crippen LogP contribution in [0.3, 0.4) is 0 Å². The average molecular weight is 279 g/mol. The summed E-state index contributed by atoms with van der Waals surface area (Å²) in [7, 11) is 3.77. The smallest absolute Gasteiger partial charge is 0.338 e. The molecule has 108 valence electrons. The fraction of sp³-hybridized carbons (Fsp3) is 0.308. The monoisotopic (exact) mass is 279 g/mol. The van der Waals surface area contributed by atoms with Gasteiger partial charge in [-0.1, -0.05) is 0 Å². The molecule has 1 rings (SSSR count). The van der Waals surface area contributed by atoms with Gasteiger partial charge in [0, 0.05) is 19.8 Å². The molecule has 7 nitrogen and oxygen atoms in total. The molecule has 2 amide bonds. The highest BCUT2D eigenvalue weighted by Gasteiger charge is 2.10. The summed E-state index contributed by atoms with van der Waals surface area (Å²) in [6.45, 7) is -0.741. The van der Waals surface area contributed by atoms with Crippen LogP contribution in [0.4, 0.5) is 5.69 Å². The Kier molecular flexibility index (Phi) is 5.52. The zero-order valence-corrected chi connectivity index (χ0v) is 11.4. The molecule has 1 aromatic carbocycles. The Morgan fingerprint density at radius 2 is 1.80 bits per heavy atom. The zero-order valence-electron chi connectivity index (χ0n) is 11.4. The summed E-state index contributed by atoms with van der Waals surface area (Å²) in [5, 5.41) is 2.22. The van der Waals surface area contributed by atoms with Gasteiger partial charge < -0.3 is 20.7 Å². The summed E-state index contributed by atoms with van der Waals surface area (Å²) in [6.07, 6.45) is 0. The Labute approximate surface area is 116 Å². The summed E-state index contributed by atoms with van der Waals surface area (Å²) in [5.74, 6) is -1.85. The summed E-state index contributed by atoms with van der Waals surface area (Å²) in [5.41, 5.74) is 6.15. The lowest BCUT2D eigenvalue weighted by Crippen LogP contribution is -2.35. The maximum Gasteiger partial charge on any atom is 0.338 e. The van der Waals surface area contributed by atoms with Gasteiger partial charge in [0.1, 0.15) is 0 Å². The number of amides is 2. The number of esters is 1. The number of hydrogen-bond acceptors (Lipinski definition) is 5. The molecule has 0 heterocycles. The van der Waals surface area contributed by atoms with Gasteiger partial charge in [0.15, 0.2) is 6.61 Å². The number of nitrogens with zero attached hydrogens (tertiary/aromatic N) is 1. The summed E-state index contributed by atoms with van der Waals surface area (Å²) in [4.78, 5) is 35.2. The van der Waals surface area contributed by atoms with E-state index in [1.165, 1.54) is 0 Å². The van der Waals surface area contributed by atoms with Crippen LogP contribution in [0.5, 0.6) is 0 Å². The van der Waals surface area contributed by atoms with E-state index in [4.69, 9.17) is 10.5 Å². The molecule has 0 radical (unpaired) electrons. The first-order chi connectivity index (χ1) is 9.40. The maximum atomic E-state index is 11.7. The largest absolute Gasteiger partial charge is 0.452 e. The summed E-state index contributed by atoms with van der Waals surface area (Å²) in [6, 6.07) is 6.76. The zero-order chi connectivity index (χ0) is 15.1. The number of anilines is 1. The average Bonchev–Trinajstić information content (AvgIpc) is 2.42. The SMILES string of the molecule is CN(C)c1ccc(C(=O)OCC(=O)NCC(N)=O)cc1. The van der Waals surface area contributed by atoms with Crippen LogP contribution in [0, 0.1) is 0 Å². The van der Waals surface area contributed by atoms with Gasteiger partial charge >= 0.3 is 5.97 Å². The van der Waals surface area contributed by atoms with E-state index < -0.39 is 24.4 Å². The van der Waals surface area contributed by atoms with Gasteiger partial charge in [-0.05, 0) is 24.3 Å². The number of carbonyl (C=O) groups is 3. The molecule has 0 atom stereocenters. The fourth-order valence-corrected chi connectivity index (χ4v) is 1.35. The molecule has 0 aliphatic rings. The lowest BCUT2D eigenvalue weighted by molar-refractivity contribution is -0.127. The molecule has 3 N–H and O–H groups in total. The minimum atomic E-state index is -0.663. The molecular formula is C13H17N3O4.